The Morgan fingerprint density at radius 1 is 1.06 bits per heavy atom. The Kier molecular flexibility index (Phi) is 5.12. The van der Waals surface area contributed by atoms with Crippen molar-refractivity contribution in [2.24, 2.45) is 0 Å². The number of pyridine rings is 1. The molecule has 0 atom stereocenters. The molecule has 0 saturated carbocycles. The highest BCUT2D eigenvalue weighted by Crippen LogP contribution is 2.30. The molecule has 0 saturated heterocycles. The molecule has 0 spiro atoms. The van der Waals surface area contributed by atoms with Gasteiger partial charge in [0.1, 0.15) is 5.65 Å². The predicted molar refractivity (Wildman–Crippen MR) is 125 cm³/mol. The first kappa shape index (κ1) is 20.1. The van der Waals surface area contributed by atoms with Crippen molar-refractivity contribution in [1.82, 2.24) is 30.1 Å². The molecule has 33 heavy (non-hydrogen) atoms. The van der Waals surface area contributed by atoms with Gasteiger partial charge in [-0.1, -0.05) is 6.58 Å². The van der Waals surface area contributed by atoms with E-state index >= 15 is 0 Å². The van der Waals surface area contributed by atoms with Gasteiger partial charge < -0.3 is 15.6 Å². The summed E-state index contributed by atoms with van der Waals surface area (Å²) in [6.45, 7) is 3.72. The van der Waals surface area contributed by atoms with Crippen molar-refractivity contribution in [3.63, 3.8) is 0 Å². The second-order valence-electron chi connectivity index (χ2n) is 7.33. The molecule has 4 heterocycles. The summed E-state index contributed by atoms with van der Waals surface area (Å²) in [5, 5.41) is 15.0. The first-order valence-corrected chi connectivity index (χ1v) is 10.2. The van der Waals surface area contributed by atoms with Gasteiger partial charge in [-0.15, -0.1) is 0 Å². The number of fused-ring (bicyclic) bond motifs is 2. The lowest BCUT2D eigenvalue weighted by atomic mass is 10.1. The van der Waals surface area contributed by atoms with Gasteiger partial charge in [-0.3, -0.25) is 9.59 Å². The number of hydrogen-bond acceptors (Lipinski definition) is 5. The molecular weight excluding hydrogens is 418 g/mol. The molecule has 9 heteroatoms. The second-order valence-corrected chi connectivity index (χ2v) is 7.33. The molecule has 1 aromatic carbocycles. The maximum absolute atomic E-state index is 12.6. The molecule has 0 aliphatic heterocycles. The Morgan fingerprint density at radius 3 is 2.73 bits per heavy atom. The zero-order chi connectivity index (χ0) is 22.8. The average molecular weight is 437 g/mol. The minimum absolute atomic E-state index is 0.225. The maximum Gasteiger partial charge on any atom is 0.251 e. The summed E-state index contributed by atoms with van der Waals surface area (Å²) in [5.41, 5.74) is 5.45. The van der Waals surface area contributed by atoms with Gasteiger partial charge in [0.05, 0.1) is 18.3 Å². The van der Waals surface area contributed by atoms with Gasteiger partial charge in [0, 0.05) is 40.3 Å². The fraction of sp³-hybridized carbons (Fsp3) is 0.0417. The van der Waals surface area contributed by atoms with Gasteiger partial charge in [0.25, 0.3) is 5.91 Å². The van der Waals surface area contributed by atoms with Crippen LogP contribution in [0.5, 0.6) is 0 Å². The molecule has 162 valence electrons. The number of nitrogens with one attached hydrogen (secondary N) is 3. The zero-order valence-corrected chi connectivity index (χ0v) is 17.4. The van der Waals surface area contributed by atoms with Crippen LogP contribution < -0.4 is 10.6 Å². The third kappa shape index (κ3) is 3.94. The van der Waals surface area contributed by atoms with E-state index in [1.54, 1.807) is 47.5 Å². The molecule has 0 radical (unpaired) electrons. The van der Waals surface area contributed by atoms with Crippen LogP contribution in [0.1, 0.15) is 16.1 Å². The van der Waals surface area contributed by atoms with Crippen LogP contribution in [-0.2, 0) is 11.3 Å². The molecule has 3 N–H and O–H groups in total. The molecular formula is C24H19N7O2. The van der Waals surface area contributed by atoms with E-state index in [0.717, 1.165) is 33.4 Å². The Labute approximate surface area is 188 Å². The van der Waals surface area contributed by atoms with E-state index in [2.05, 4.69) is 37.4 Å². The van der Waals surface area contributed by atoms with Gasteiger partial charge in [-0.05, 0) is 60.2 Å². The van der Waals surface area contributed by atoms with Crippen molar-refractivity contribution < 1.29 is 9.59 Å². The number of amides is 2. The molecule has 4 aromatic heterocycles. The number of nitrogens with zero attached hydrogens (tertiary/aromatic N) is 4. The number of hydrogen-bond donors (Lipinski definition) is 3. The van der Waals surface area contributed by atoms with Gasteiger partial charge in [0.15, 0.2) is 0 Å². The normalized spacial score (nSPS) is 10.9. The van der Waals surface area contributed by atoms with Crippen molar-refractivity contribution in [2.45, 2.75) is 6.54 Å². The summed E-state index contributed by atoms with van der Waals surface area (Å²) in [6, 6.07) is 14.4. The van der Waals surface area contributed by atoms with E-state index in [1.165, 1.54) is 6.08 Å². The van der Waals surface area contributed by atoms with Crippen molar-refractivity contribution in [2.75, 3.05) is 5.32 Å². The van der Waals surface area contributed by atoms with Crippen molar-refractivity contribution >= 4 is 34.1 Å². The lowest BCUT2D eigenvalue weighted by Crippen LogP contribution is -2.22. The first-order valence-electron chi connectivity index (χ1n) is 10.2. The fourth-order valence-corrected chi connectivity index (χ4v) is 3.63. The van der Waals surface area contributed by atoms with E-state index in [-0.39, 0.29) is 11.8 Å². The van der Waals surface area contributed by atoms with Gasteiger partial charge >= 0.3 is 0 Å². The van der Waals surface area contributed by atoms with E-state index in [0.29, 0.717) is 17.8 Å². The molecule has 2 amide bonds. The number of benzene rings is 1. The highest BCUT2D eigenvalue weighted by molar-refractivity contribution is 6.00. The average Bonchev–Trinajstić information content (AvgIpc) is 3.47. The van der Waals surface area contributed by atoms with E-state index in [1.807, 2.05) is 24.3 Å². The number of rotatable bonds is 6. The van der Waals surface area contributed by atoms with Crippen LogP contribution in [0.25, 0.3) is 27.7 Å². The molecule has 5 rings (SSSR count). The van der Waals surface area contributed by atoms with Crippen LogP contribution in [0.15, 0.2) is 79.8 Å². The molecule has 0 aliphatic carbocycles. The molecule has 9 nitrogen and oxygen atoms in total. The number of anilines is 1. The van der Waals surface area contributed by atoms with E-state index in [9.17, 15) is 9.59 Å². The Hall–Kier alpha value is -4.79. The van der Waals surface area contributed by atoms with Crippen LogP contribution in [0.3, 0.4) is 0 Å². The fourth-order valence-electron chi connectivity index (χ4n) is 3.63. The summed E-state index contributed by atoms with van der Waals surface area (Å²) in [5.74, 6) is -0.531. The highest BCUT2D eigenvalue weighted by Gasteiger charge is 2.14. The third-order valence-corrected chi connectivity index (χ3v) is 5.22. The van der Waals surface area contributed by atoms with Crippen LogP contribution >= 0.6 is 0 Å². The van der Waals surface area contributed by atoms with Crippen molar-refractivity contribution in [3.8, 4) is 11.1 Å². The van der Waals surface area contributed by atoms with E-state index < -0.39 is 0 Å². The molecule has 0 fully saturated rings. The van der Waals surface area contributed by atoms with Gasteiger partial charge in [0.2, 0.25) is 5.91 Å². The Morgan fingerprint density at radius 2 is 1.91 bits per heavy atom. The van der Waals surface area contributed by atoms with Crippen LogP contribution in [0, 0.1) is 0 Å². The minimum Gasteiger partial charge on any atom is -0.346 e. The first-order chi connectivity index (χ1) is 16.1. The topological polar surface area (TPSA) is 117 Å². The summed E-state index contributed by atoms with van der Waals surface area (Å²) in [6.07, 6.45) is 6.40. The molecule has 0 unspecified atom stereocenters. The largest absolute Gasteiger partial charge is 0.346 e. The lowest BCUT2D eigenvalue weighted by molar-refractivity contribution is -0.111. The minimum atomic E-state index is -0.306. The number of H-pyrrole nitrogens is 1. The summed E-state index contributed by atoms with van der Waals surface area (Å²) in [4.78, 5) is 31.6. The monoisotopic (exact) mass is 437 g/mol. The number of carbonyl (C=O) groups is 2. The van der Waals surface area contributed by atoms with Gasteiger partial charge in [-0.25, -0.2) is 4.98 Å². The SMILES string of the molecule is C=CC(=O)Nc1ccc(C(=O)NCc2cc3c(-c4cnn5ncccc45)ccnc3[nH]2)cc1. The quantitative estimate of drug-likeness (QED) is 0.352. The van der Waals surface area contributed by atoms with Crippen LogP contribution in [-0.4, -0.2) is 36.6 Å². The number of carbonyl (C=O) groups excluding carboxylic acids is 2. The van der Waals surface area contributed by atoms with E-state index in [4.69, 9.17) is 0 Å². The second kappa shape index (κ2) is 8.39. The van der Waals surface area contributed by atoms with Crippen molar-refractivity contribution in [1.29, 1.82) is 0 Å². The molecule has 5 aromatic rings. The summed E-state index contributed by atoms with van der Waals surface area (Å²) >= 11 is 0. The molecule has 0 aliphatic rings. The van der Waals surface area contributed by atoms with Crippen LogP contribution in [0.2, 0.25) is 0 Å². The zero-order valence-electron chi connectivity index (χ0n) is 17.4. The highest BCUT2D eigenvalue weighted by atomic mass is 16.2. The Balaban J connectivity index is 1.34. The number of aromatic amines is 1. The summed E-state index contributed by atoms with van der Waals surface area (Å²) < 4.78 is 1.59. The van der Waals surface area contributed by atoms with Gasteiger partial charge in [-0.2, -0.15) is 14.8 Å². The number of aromatic nitrogens is 5. The van der Waals surface area contributed by atoms with Crippen LogP contribution in [0.4, 0.5) is 5.69 Å². The smallest absolute Gasteiger partial charge is 0.251 e. The summed E-state index contributed by atoms with van der Waals surface area (Å²) in [7, 11) is 0. The maximum atomic E-state index is 12.6. The lowest BCUT2D eigenvalue weighted by Gasteiger charge is -2.06. The van der Waals surface area contributed by atoms with Crippen molar-refractivity contribution in [3.05, 3.63) is 91.0 Å². The predicted octanol–water partition coefficient (Wildman–Crippen LogP) is 3.33. The third-order valence-electron chi connectivity index (χ3n) is 5.22. The molecule has 0 bridgehead atoms. The Bertz CT molecular complexity index is 1500. The standard InChI is InChI=1S/C24H19N7O2/c1-2-22(32)29-16-7-5-15(6-8-16)24(33)26-13-17-12-19-18(9-11-25-23(19)30-17)20-14-28-31-21(20)4-3-10-27-31/h2-12,14H,1,13H2,(H,25,30)(H,26,33)(H,29,32).